The first-order valence-electron chi connectivity index (χ1n) is 8.46. The van der Waals surface area contributed by atoms with Gasteiger partial charge in [-0.3, -0.25) is 19.8 Å². The Morgan fingerprint density at radius 3 is 2.83 bits per heavy atom. The summed E-state index contributed by atoms with van der Waals surface area (Å²) in [6.45, 7) is 4.90. The molecule has 2 aliphatic rings. The average Bonchev–Trinajstić information content (AvgIpc) is 2.62. The molecule has 0 aliphatic carbocycles. The Morgan fingerprint density at radius 1 is 1.29 bits per heavy atom. The molecule has 1 unspecified atom stereocenters. The summed E-state index contributed by atoms with van der Waals surface area (Å²) in [6.07, 6.45) is 1.90. The van der Waals surface area contributed by atoms with E-state index >= 15 is 0 Å². The van der Waals surface area contributed by atoms with Crippen LogP contribution < -0.4 is 0 Å². The first-order chi connectivity index (χ1) is 11.6. The molecule has 24 heavy (non-hydrogen) atoms. The smallest absolute Gasteiger partial charge is 0.269 e. The zero-order valence-electron chi connectivity index (χ0n) is 13.7. The monoisotopic (exact) mass is 333 g/mol. The fraction of sp³-hybridized carbons (Fsp3) is 0.588. The number of morpholine rings is 1. The molecule has 0 aromatic heterocycles. The van der Waals surface area contributed by atoms with Crippen molar-refractivity contribution < 1.29 is 14.5 Å². The van der Waals surface area contributed by atoms with E-state index in [1.54, 1.807) is 12.1 Å². The maximum Gasteiger partial charge on any atom is 0.269 e. The number of nitro groups is 1. The van der Waals surface area contributed by atoms with Crippen molar-refractivity contribution in [3.8, 4) is 0 Å². The lowest BCUT2D eigenvalue weighted by atomic mass is 9.96. The quantitative estimate of drug-likeness (QED) is 0.619. The topological polar surface area (TPSA) is 75.9 Å². The van der Waals surface area contributed by atoms with Crippen LogP contribution in [0, 0.1) is 16.0 Å². The largest absolute Gasteiger partial charge is 0.378 e. The molecule has 1 aromatic carbocycles. The van der Waals surface area contributed by atoms with Crippen LogP contribution in [0.1, 0.15) is 18.4 Å². The van der Waals surface area contributed by atoms with Gasteiger partial charge in [0.1, 0.15) is 0 Å². The van der Waals surface area contributed by atoms with Crippen molar-refractivity contribution in [1.82, 2.24) is 9.80 Å². The highest BCUT2D eigenvalue weighted by molar-refractivity contribution is 5.79. The number of benzene rings is 1. The molecule has 2 aliphatic heterocycles. The van der Waals surface area contributed by atoms with Gasteiger partial charge in [-0.2, -0.15) is 0 Å². The molecule has 7 heteroatoms. The van der Waals surface area contributed by atoms with Crippen LogP contribution in [0.3, 0.4) is 0 Å². The molecule has 0 radical (unpaired) electrons. The summed E-state index contributed by atoms with van der Waals surface area (Å²) in [5.41, 5.74) is 1.04. The Morgan fingerprint density at radius 2 is 2.08 bits per heavy atom. The van der Waals surface area contributed by atoms with E-state index in [-0.39, 0.29) is 22.4 Å². The van der Waals surface area contributed by atoms with Crippen molar-refractivity contribution in [3.63, 3.8) is 0 Å². The fourth-order valence-electron chi connectivity index (χ4n) is 3.47. The van der Waals surface area contributed by atoms with Crippen LogP contribution in [-0.2, 0) is 16.1 Å². The molecular formula is C17H23N3O4. The fourth-order valence-corrected chi connectivity index (χ4v) is 3.47. The minimum Gasteiger partial charge on any atom is -0.378 e. The molecule has 0 bridgehead atoms. The zero-order valence-corrected chi connectivity index (χ0v) is 13.7. The standard InChI is InChI=1S/C17H23N3O4/c21-17(19-7-9-24-10-8-19)15-4-2-6-18(13-15)12-14-3-1-5-16(11-14)20(22)23/h1,3,5,11,15H,2,4,6-10,12-13H2. The van der Waals surface area contributed by atoms with Gasteiger partial charge in [0.2, 0.25) is 5.91 Å². The number of amides is 1. The zero-order chi connectivity index (χ0) is 16.9. The van der Waals surface area contributed by atoms with Crippen molar-refractivity contribution >= 4 is 11.6 Å². The van der Waals surface area contributed by atoms with Gasteiger partial charge in [0.15, 0.2) is 0 Å². The Kier molecular flexibility index (Phi) is 5.42. The van der Waals surface area contributed by atoms with Crippen LogP contribution in [0.4, 0.5) is 5.69 Å². The lowest BCUT2D eigenvalue weighted by Crippen LogP contribution is -2.48. The Hall–Kier alpha value is -1.99. The van der Waals surface area contributed by atoms with Gasteiger partial charge in [0.25, 0.3) is 5.69 Å². The summed E-state index contributed by atoms with van der Waals surface area (Å²) in [5.74, 6) is 0.248. The number of piperidine rings is 1. The Balaban J connectivity index is 1.60. The van der Waals surface area contributed by atoms with Gasteiger partial charge >= 0.3 is 0 Å². The molecular weight excluding hydrogens is 310 g/mol. The third-order valence-corrected chi connectivity index (χ3v) is 4.71. The van der Waals surface area contributed by atoms with Gasteiger partial charge in [0.05, 0.1) is 24.1 Å². The molecule has 1 atom stereocenters. The van der Waals surface area contributed by atoms with E-state index in [9.17, 15) is 14.9 Å². The maximum atomic E-state index is 12.6. The van der Waals surface area contributed by atoms with E-state index < -0.39 is 0 Å². The van der Waals surface area contributed by atoms with Gasteiger partial charge in [-0.1, -0.05) is 12.1 Å². The summed E-state index contributed by atoms with van der Waals surface area (Å²) in [5, 5.41) is 10.9. The number of carbonyl (C=O) groups is 1. The molecule has 2 heterocycles. The number of rotatable bonds is 4. The maximum absolute atomic E-state index is 12.6. The molecule has 7 nitrogen and oxygen atoms in total. The molecule has 0 saturated carbocycles. The molecule has 1 amide bonds. The van der Waals surface area contributed by atoms with Crippen LogP contribution >= 0.6 is 0 Å². The summed E-state index contributed by atoms with van der Waals surface area (Å²) < 4.78 is 5.31. The number of ether oxygens (including phenoxy) is 1. The van der Waals surface area contributed by atoms with Crippen molar-refractivity contribution in [3.05, 3.63) is 39.9 Å². The van der Waals surface area contributed by atoms with Gasteiger partial charge < -0.3 is 9.64 Å². The predicted molar refractivity (Wildman–Crippen MR) is 88.5 cm³/mol. The highest BCUT2D eigenvalue weighted by Crippen LogP contribution is 2.22. The molecule has 2 fully saturated rings. The van der Waals surface area contributed by atoms with E-state index in [2.05, 4.69) is 4.90 Å². The number of carbonyl (C=O) groups excluding carboxylic acids is 1. The molecule has 0 spiro atoms. The number of nitrogens with zero attached hydrogens (tertiary/aromatic N) is 3. The van der Waals surface area contributed by atoms with Crippen LogP contribution in [0.2, 0.25) is 0 Å². The van der Waals surface area contributed by atoms with E-state index in [4.69, 9.17) is 4.74 Å². The van der Waals surface area contributed by atoms with Gasteiger partial charge in [-0.15, -0.1) is 0 Å². The second-order valence-electron chi connectivity index (χ2n) is 6.44. The van der Waals surface area contributed by atoms with Crippen LogP contribution in [0.25, 0.3) is 0 Å². The first kappa shape index (κ1) is 16.9. The molecule has 1 aromatic rings. The first-order valence-corrected chi connectivity index (χ1v) is 8.46. The van der Waals surface area contributed by atoms with Crippen molar-refractivity contribution in [1.29, 1.82) is 0 Å². The lowest BCUT2D eigenvalue weighted by Gasteiger charge is -2.36. The van der Waals surface area contributed by atoms with Crippen molar-refractivity contribution in [2.75, 3.05) is 39.4 Å². The number of hydrogen-bond donors (Lipinski definition) is 0. The summed E-state index contributed by atoms with van der Waals surface area (Å²) in [6, 6.07) is 6.74. The van der Waals surface area contributed by atoms with E-state index in [0.29, 0.717) is 32.8 Å². The highest BCUT2D eigenvalue weighted by Gasteiger charge is 2.30. The normalized spacial score (nSPS) is 22.3. The average molecular weight is 333 g/mol. The summed E-state index contributed by atoms with van der Waals surface area (Å²) in [4.78, 5) is 27.3. The third kappa shape index (κ3) is 4.10. The molecule has 130 valence electrons. The lowest BCUT2D eigenvalue weighted by molar-refractivity contribution is -0.384. The van der Waals surface area contributed by atoms with Crippen molar-refractivity contribution in [2.45, 2.75) is 19.4 Å². The van der Waals surface area contributed by atoms with E-state index in [1.807, 2.05) is 11.0 Å². The highest BCUT2D eigenvalue weighted by atomic mass is 16.6. The van der Waals surface area contributed by atoms with Gasteiger partial charge in [0, 0.05) is 38.3 Å². The number of nitro benzene ring substituents is 1. The number of hydrogen-bond acceptors (Lipinski definition) is 5. The molecule has 3 rings (SSSR count). The number of non-ortho nitro benzene ring substituents is 1. The van der Waals surface area contributed by atoms with E-state index in [0.717, 1.165) is 31.5 Å². The van der Waals surface area contributed by atoms with E-state index in [1.165, 1.54) is 6.07 Å². The van der Waals surface area contributed by atoms with Gasteiger partial charge in [-0.05, 0) is 24.9 Å². The predicted octanol–water partition coefficient (Wildman–Crippen LogP) is 1.67. The van der Waals surface area contributed by atoms with Crippen LogP contribution in [0.15, 0.2) is 24.3 Å². The summed E-state index contributed by atoms with van der Waals surface area (Å²) in [7, 11) is 0. The van der Waals surface area contributed by atoms with Crippen LogP contribution in [-0.4, -0.2) is 60.0 Å². The van der Waals surface area contributed by atoms with Crippen LogP contribution in [0.5, 0.6) is 0 Å². The third-order valence-electron chi connectivity index (χ3n) is 4.71. The Labute approximate surface area is 141 Å². The number of likely N-dealkylation sites (tertiary alicyclic amines) is 1. The molecule has 0 N–H and O–H groups in total. The SMILES string of the molecule is O=C(C1CCCN(Cc2cccc([N+](=O)[O-])c2)C1)N1CCOCC1. The summed E-state index contributed by atoms with van der Waals surface area (Å²) >= 11 is 0. The molecule has 2 saturated heterocycles. The second kappa shape index (κ2) is 7.72. The Bertz CT molecular complexity index is 601. The minimum absolute atomic E-state index is 0.0237. The van der Waals surface area contributed by atoms with Gasteiger partial charge in [-0.25, -0.2) is 0 Å². The van der Waals surface area contributed by atoms with Crippen molar-refractivity contribution in [2.24, 2.45) is 5.92 Å². The minimum atomic E-state index is -0.371. The second-order valence-corrected chi connectivity index (χ2v) is 6.44.